The van der Waals surface area contributed by atoms with Crippen molar-refractivity contribution in [1.29, 1.82) is 0 Å². The highest BCUT2D eigenvalue weighted by atomic mass is 35.5. The number of carbonyl (C=O) groups is 1. The maximum atomic E-state index is 12.7. The van der Waals surface area contributed by atoms with E-state index < -0.39 is 0 Å². The van der Waals surface area contributed by atoms with E-state index in [1.807, 2.05) is 74.0 Å². The Kier molecular flexibility index (Phi) is 7.25. The molecule has 7 heteroatoms. The fourth-order valence-corrected chi connectivity index (χ4v) is 3.99. The number of ether oxygens (including phenoxy) is 1. The van der Waals surface area contributed by atoms with E-state index in [0.717, 1.165) is 33.7 Å². The number of para-hydroxylation sites is 1. The van der Waals surface area contributed by atoms with Crippen molar-refractivity contribution in [2.75, 3.05) is 5.32 Å². The number of hydrogen-bond donors (Lipinski definition) is 1. The maximum absolute atomic E-state index is 12.7. The van der Waals surface area contributed by atoms with Gasteiger partial charge in [0.2, 0.25) is 0 Å². The third kappa shape index (κ3) is 5.61. The molecule has 0 saturated heterocycles. The second-order valence-electron chi connectivity index (χ2n) is 8.24. The number of nitrogens with one attached hydrogen (secondary N) is 1. The second-order valence-corrected chi connectivity index (χ2v) is 9.05. The lowest BCUT2D eigenvalue weighted by molar-refractivity contribution is 0.102. The van der Waals surface area contributed by atoms with Crippen LogP contribution in [-0.4, -0.2) is 15.7 Å². The topological polar surface area (TPSA) is 56.1 Å². The van der Waals surface area contributed by atoms with Gasteiger partial charge in [0.05, 0.1) is 16.6 Å². The van der Waals surface area contributed by atoms with Crippen LogP contribution < -0.4 is 10.1 Å². The van der Waals surface area contributed by atoms with Gasteiger partial charge in [0, 0.05) is 17.3 Å². The van der Waals surface area contributed by atoms with Gasteiger partial charge in [-0.05, 0) is 67.3 Å². The summed E-state index contributed by atoms with van der Waals surface area (Å²) in [6.45, 7) is 6.96. The third-order valence-electron chi connectivity index (χ3n) is 5.55. The smallest absolute Gasteiger partial charge is 0.256 e. The van der Waals surface area contributed by atoms with E-state index in [4.69, 9.17) is 27.9 Å². The van der Waals surface area contributed by atoms with Crippen LogP contribution in [0.4, 0.5) is 5.82 Å². The molecule has 0 aliphatic rings. The lowest BCUT2D eigenvalue weighted by Crippen LogP contribution is -2.13. The zero-order valence-corrected chi connectivity index (χ0v) is 20.7. The Morgan fingerprint density at radius 1 is 0.912 bits per heavy atom. The molecule has 0 fully saturated rings. The lowest BCUT2D eigenvalue weighted by atomic mass is 10.1. The highest BCUT2D eigenvalue weighted by Crippen LogP contribution is 2.24. The van der Waals surface area contributed by atoms with Crippen molar-refractivity contribution in [2.45, 2.75) is 33.9 Å². The standard InChI is InChI=1S/C27H25Cl2N3O2/c1-17-5-4-6-18(2)26(17)34-16-20-7-10-22(11-8-20)27(33)30-25-13-19(3)32(31-25)15-21-9-12-23(28)24(29)14-21/h4-14H,15-16H2,1-3H3,(H,30,31,33). The third-order valence-corrected chi connectivity index (χ3v) is 6.29. The van der Waals surface area contributed by atoms with Crippen molar-refractivity contribution in [3.63, 3.8) is 0 Å². The molecule has 0 saturated carbocycles. The predicted molar refractivity (Wildman–Crippen MR) is 137 cm³/mol. The summed E-state index contributed by atoms with van der Waals surface area (Å²) in [5, 5.41) is 8.39. The van der Waals surface area contributed by atoms with Gasteiger partial charge in [-0.3, -0.25) is 9.48 Å². The first-order valence-electron chi connectivity index (χ1n) is 10.9. The number of hydrogen-bond acceptors (Lipinski definition) is 3. The molecule has 1 N–H and O–H groups in total. The van der Waals surface area contributed by atoms with Crippen LogP contribution in [0.15, 0.2) is 66.7 Å². The maximum Gasteiger partial charge on any atom is 0.256 e. The molecule has 5 nitrogen and oxygen atoms in total. The molecule has 0 spiro atoms. The number of aryl methyl sites for hydroxylation is 3. The monoisotopic (exact) mass is 493 g/mol. The molecule has 0 radical (unpaired) electrons. The summed E-state index contributed by atoms with van der Waals surface area (Å²) in [5.74, 6) is 1.17. The van der Waals surface area contributed by atoms with E-state index in [2.05, 4.69) is 10.4 Å². The minimum Gasteiger partial charge on any atom is -0.488 e. The first-order chi connectivity index (χ1) is 16.3. The van der Waals surface area contributed by atoms with Crippen LogP contribution in [0.3, 0.4) is 0 Å². The summed E-state index contributed by atoms with van der Waals surface area (Å²) < 4.78 is 7.81. The van der Waals surface area contributed by atoms with Crippen LogP contribution >= 0.6 is 23.2 Å². The number of amides is 1. The van der Waals surface area contributed by atoms with Gasteiger partial charge < -0.3 is 10.1 Å². The normalized spacial score (nSPS) is 10.9. The van der Waals surface area contributed by atoms with Crippen molar-refractivity contribution in [3.05, 3.63) is 110 Å². The Balaban J connectivity index is 1.38. The van der Waals surface area contributed by atoms with Gasteiger partial charge >= 0.3 is 0 Å². The zero-order valence-electron chi connectivity index (χ0n) is 19.2. The van der Waals surface area contributed by atoms with E-state index in [9.17, 15) is 4.79 Å². The van der Waals surface area contributed by atoms with Gasteiger partial charge in [0.1, 0.15) is 12.4 Å². The number of carbonyl (C=O) groups excluding carboxylic acids is 1. The Labute approximate surface area is 209 Å². The van der Waals surface area contributed by atoms with E-state index >= 15 is 0 Å². The molecule has 0 aliphatic carbocycles. The van der Waals surface area contributed by atoms with E-state index in [0.29, 0.717) is 34.6 Å². The summed E-state index contributed by atoms with van der Waals surface area (Å²) in [7, 11) is 0. The predicted octanol–water partition coefficient (Wildman–Crippen LogP) is 6.99. The number of halogens is 2. The van der Waals surface area contributed by atoms with Crippen LogP contribution in [0, 0.1) is 20.8 Å². The fraction of sp³-hybridized carbons (Fsp3) is 0.185. The zero-order chi connectivity index (χ0) is 24.2. The molecule has 0 unspecified atom stereocenters. The number of rotatable bonds is 7. The molecule has 174 valence electrons. The average molecular weight is 494 g/mol. The molecule has 34 heavy (non-hydrogen) atoms. The van der Waals surface area contributed by atoms with E-state index in [1.54, 1.807) is 18.2 Å². The highest BCUT2D eigenvalue weighted by molar-refractivity contribution is 6.42. The van der Waals surface area contributed by atoms with Crippen LogP contribution in [0.2, 0.25) is 10.0 Å². The number of benzene rings is 3. The summed E-state index contributed by atoms with van der Waals surface area (Å²) in [6.07, 6.45) is 0. The summed E-state index contributed by atoms with van der Waals surface area (Å²) in [5.41, 5.74) is 5.63. The fourth-order valence-electron chi connectivity index (χ4n) is 3.67. The van der Waals surface area contributed by atoms with Crippen molar-refractivity contribution >= 4 is 34.9 Å². The van der Waals surface area contributed by atoms with Crippen molar-refractivity contribution in [2.24, 2.45) is 0 Å². The minimum absolute atomic E-state index is 0.221. The van der Waals surface area contributed by atoms with Crippen LogP contribution in [0.1, 0.15) is 38.3 Å². The number of nitrogens with zero attached hydrogens (tertiary/aromatic N) is 2. The van der Waals surface area contributed by atoms with Gasteiger partial charge in [-0.1, -0.05) is 59.6 Å². The second kappa shape index (κ2) is 10.3. The van der Waals surface area contributed by atoms with E-state index in [1.165, 1.54) is 0 Å². The van der Waals surface area contributed by atoms with Gasteiger partial charge in [-0.25, -0.2) is 0 Å². The Bertz CT molecular complexity index is 1310. The Hall–Kier alpha value is -3.28. The quantitative estimate of drug-likeness (QED) is 0.301. The average Bonchev–Trinajstić information content (AvgIpc) is 3.14. The molecule has 1 aromatic heterocycles. The SMILES string of the molecule is Cc1cccc(C)c1OCc1ccc(C(=O)Nc2cc(C)n(Cc3ccc(Cl)c(Cl)c3)n2)cc1. The van der Waals surface area contributed by atoms with Crippen LogP contribution in [-0.2, 0) is 13.2 Å². The molecule has 0 aliphatic heterocycles. The van der Waals surface area contributed by atoms with Crippen molar-refractivity contribution in [1.82, 2.24) is 9.78 Å². The van der Waals surface area contributed by atoms with Gasteiger partial charge in [-0.2, -0.15) is 5.10 Å². The van der Waals surface area contributed by atoms with Gasteiger partial charge in [-0.15, -0.1) is 0 Å². The number of anilines is 1. The molecule has 1 amide bonds. The molecule has 0 bridgehead atoms. The summed E-state index contributed by atoms with van der Waals surface area (Å²) >= 11 is 12.1. The molecular formula is C27H25Cl2N3O2. The largest absolute Gasteiger partial charge is 0.488 e. The molecule has 1 heterocycles. The molecular weight excluding hydrogens is 469 g/mol. The summed E-state index contributed by atoms with van der Waals surface area (Å²) in [4.78, 5) is 12.7. The van der Waals surface area contributed by atoms with Gasteiger partial charge in [0.15, 0.2) is 5.82 Å². The van der Waals surface area contributed by atoms with Crippen molar-refractivity contribution < 1.29 is 9.53 Å². The molecule has 3 aromatic carbocycles. The van der Waals surface area contributed by atoms with E-state index in [-0.39, 0.29) is 5.91 Å². The van der Waals surface area contributed by atoms with Crippen LogP contribution in [0.25, 0.3) is 0 Å². The first kappa shape index (κ1) is 23.9. The van der Waals surface area contributed by atoms with Crippen LogP contribution in [0.5, 0.6) is 5.75 Å². The van der Waals surface area contributed by atoms with Crippen molar-refractivity contribution in [3.8, 4) is 5.75 Å². The van der Waals surface area contributed by atoms with Gasteiger partial charge in [0.25, 0.3) is 5.91 Å². The Morgan fingerprint density at radius 2 is 1.59 bits per heavy atom. The molecule has 0 atom stereocenters. The summed E-state index contributed by atoms with van der Waals surface area (Å²) in [6, 6.07) is 20.8. The first-order valence-corrected chi connectivity index (χ1v) is 11.6. The molecule has 4 aromatic rings. The Morgan fingerprint density at radius 3 is 2.26 bits per heavy atom. The highest BCUT2D eigenvalue weighted by Gasteiger charge is 2.12. The lowest BCUT2D eigenvalue weighted by Gasteiger charge is -2.12. The number of aromatic nitrogens is 2. The molecule has 4 rings (SSSR count). The minimum atomic E-state index is -0.221.